The molecule has 8 rings (SSSR count). The Balaban J connectivity index is 1.24. The molecule has 28 heteroatoms. The average molecular weight is 1310 g/mol. The SMILES string of the molecule is [C-]#[N+]c1cc(/C=C(\C(C)=O)C(=O)Nc2ccccc2)sc1/N=N/c1cc(OC)c(N(CC)CC)cc1Nc1nc(Nc2cc(N(CC)CC)c(OC)cc2/N=N/c2sc(/C=C(/C(C)=O)C(=O)Nc3ccccc3)c(S(=O)(=O)O)c2C#N)nc(SCc2ccccc2)n1. The maximum atomic E-state index is 13.5. The Bertz CT molecular complexity index is 4380. The molecule has 0 saturated heterocycles. The zero-order chi connectivity index (χ0) is 66.1. The molecular formula is C64H61N15O9S4. The summed E-state index contributed by atoms with van der Waals surface area (Å²) in [6.45, 7) is 20.6. The molecule has 8 aromatic rings. The molecule has 2 amide bonds. The van der Waals surface area contributed by atoms with Crippen LogP contribution in [0.25, 0.3) is 17.0 Å². The Labute approximate surface area is 543 Å². The van der Waals surface area contributed by atoms with E-state index in [0.29, 0.717) is 88.1 Å². The largest absolute Gasteiger partial charge is 0.494 e. The number of para-hydroxylation sites is 2. The summed E-state index contributed by atoms with van der Waals surface area (Å²) in [5.74, 6) is -1.47. The van der Waals surface area contributed by atoms with Gasteiger partial charge < -0.3 is 40.5 Å². The van der Waals surface area contributed by atoms with Crippen molar-refractivity contribution in [1.29, 1.82) is 5.26 Å². The standard InChI is InChI=1S/C64H61N15O9S4/c1-10-78(11-2)52-32-47(49(34-54(52)87-8)74-76-60-46(36-65)57(92(84,85)86)56(91-60)31-45(39(6)81)59(83)68-42-27-21-16-22-28-42)69-62-71-63(73-64(72-62)89-37-40-23-17-14-18-24-40)70-48-33-53(79(12-3)13-4)55(88-9)35-50(48)75-77-61-51(66-7)30-43(90-61)29-44(38(5)80)58(82)67-41-25-19-15-20-26-41/h14-35H,10-13,37H2,1-6,8-9H3,(H,67,82)(H,68,83)(H,84,85,86)(H2,69,70,71,72,73)/b44-29+,45-31-,76-74+,77-75+. The van der Waals surface area contributed by atoms with Crippen LogP contribution in [-0.2, 0) is 35.0 Å². The van der Waals surface area contributed by atoms with Crippen LogP contribution in [0.5, 0.6) is 11.5 Å². The summed E-state index contributed by atoms with van der Waals surface area (Å²) in [6, 6.07) is 36.7. The summed E-state index contributed by atoms with van der Waals surface area (Å²) in [7, 11) is -2.20. The van der Waals surface area contributed by atoms with Gasteiger partial charge in [0.15, 0.2) is 21.7 Å². The second kappa shape index (κ2) is 31.3. The van der Waals surface area contributed by atoms with E-state index in [2.05, 4.69) is 51.5 Å². The van der Waals surface area contributed by atoms with Gasteiger partial charge in [0.25, 0.3) is 21.9 Å². The lowest BCUT2D eigenvalue weighted by Gasteiger charge is -2.25. The molecule has 0 radical (unpaired) electrons. The van der Waals surface area contributed by atoms with E-state index in [9.17, 15) is 37.4 Å². The van der Waals surface area contributed by atoms with Crippen LogP contribution >= 0.6 is 34.4 Å². The first-order chi connectivity index (χ1) is 44.3. The number of benzene rings is 5. The minimum atomic E-state index is -5.20. The second-order valence-electron chi connectivity index (χ2n) is 19.5. The molecule has 3 heterocycles. The molecule has 5 N–H and O–H groups in total. The molecule has 0 aliphatic heterocycles. The number of Topliss-reactive ketones (excluding diaryl/α,β-unsaturated/α-hetero) is 2. The maximum Gasteiger partial charge on any atom is 0.297 e. The number of thiophene rings is 2. The Morgan fingerprint density at radius 1 is 0.674 bits per heavy atom. The summed E-state index contributed by atoms with van der Waals surface area (Å²) in [4.78, 5) is 74.2. The van der Waals surface area contributed by atoms with Crippen LogP contribution in [0, 0.1) is 17.9 Å². The smallest absolute Gasteiger partial charge is 0.297 e. The van der Waals surface area contributed by atoms with E-state index in [1.807, 2.05) is 69.0 Å². The molecule has 3 aromatic heterocycles. The molecule has 0 aliphatic carbocycles. The van der Waals surface area contributed by atoms with Gasteiger partial charge in [-0.3, -0.25) is 23.7 Å². The van der Waals surface area contributed by atoms with Gasteiger partial charge in [-0.05, 0) is 102 Å². The number of hydrogen-bond donors (Lipinski definition) is 5. The van der Waals surface area contributed by atoms with Crippen molar-refractivity contribution < 1.29 is 41.6 Å². The fourth-order valence-corrected chi connectivity index (χ4v) is 12.8. The van der Waals surface area contributed by atoms with Gasteiger partial charge in [0, 0.05) is 60.3 Å². The van der Waals surface area contributed by atoms with E-state index in [1.54, 1.807) is 84.9 Å². The molecule has 0 atom stereocenters. The van der Waals surface area contributed by atoms with E-state index in [1.165, 1.54) is 45.0 Å². The normalized spacial score (nSPS) is 11.6. The van der Waals surface area contributed by atoms with E-state index in [4.69, 9.17) is 31.0 Å². The van der Waals surface area contributed by atoms with Crippen LogP contribution in [0.3, 0.4) is 0 Å². The minimum absolute atomic E-state index is 0.00505. The van der Waals surface area contributed by atoms with Gasteiger partial charge in [-0.1, -0.05) is 78.5 Å². The highest BCUT2D eigenvalue weighted by atomic mass is 32.2. The van der Waals surface area contributed by atoms with Crippen LogP contribution < -0.4 is 40.5 Å². The van der Waals surface area contributed by atoms with Gasteiger partial charge in [0.2, 0.25) is 17.6 Å². The Kier molecular flexibility index (Phi) is 22.9. The number of nitriles is 1. The molecule has 0 saturated carbocycles. The van der Waals surface area contributed by atoms with Crippen molar-refractivity contribution in [2.24, 2.45) is 20.5 Å². The van der Waals surface area contributed by atoms with Crippen molar-refractivity contribution in [2.45, 2.75) is 57.3 Å². The van der Waals surface area contributed by atoms with Crippen molar-refractivity contribution in [3.63, 3.8) is 0 Å². The van der Waals surface area contributed by atoms with Gasteiger partial charge in [-0.25, -0.2) is 4.85 Å². The number of carbonyl (C=O) groups is 4. The molecule has 0 fully saturated rings. The number of nitrogens with one attached hydrogen (secondary N) is 4. The van der Waals surface area contributed by atoms with Crippen molar-refractivity contribution in [1.82, 2.24) is 15.0 Å². The van der Waals surface area contributed by atoms with Crippen molar-refractivity contribution in [3.8, 4) is 17.6 Å². The number of methoxy groups -OCH3 is 2. The van der Waals surface area contributed by atoms with Crippen molar-refractivity contribution >= 4 is 153 Å². The molecule has 470 valence electrons. The predicted octanol–water partition coefficient (Wildman–Crippen LogP) is 15.2. The number of nitrogens with zero attached hydrogens (tertiary/aromatic N) is 11. The lowest BCUT2D eigenvalue weighted by Crippen LogP contribution is -2.22. The number of thioether (sulfide) groups is 1. The number of anilines is 8. The lowest BCUT2D eigenvalue weighted by atomic mass is 10.1. The first-order valence-electron chi connectivity index (χ1n) is 28.3. The molecule has 0 unspecified atom stereocenters. The predicted molar refractivity (Wildman–Crippen MR) is 361 cm³/mol. The number of ketones is 2. The van der Waals surface area contributed by atoms with E-state index in [0.717, 1.165) is 29.9 Å². The summed E-state index contributed by atoms with van der Waals surface area (Å²) in [5.41, 5.74) is 2.90. The van der Waals surface area contributed by atoms with Gasteiger partial charge in [0.05, 0.1) is 59.6 Å². The number of rotatable bonds is 28. The third-order valence-electron chi connectivity index (χ3n) is 13.6. The fraction of sp³-hybridized carbons (Fsp3) is 0.203. The Morgan fingerprint density at radius 2 is 1.14 bits per heavy atom. The highest BCUT2D eigenvalue weighted by Crippen LogP contribution is 2.46. The zero-order valence-corrected chi connectivity index (χ0v) is 54.3. The zero-order valence-electron chi connectivity index (χ0n) is 51.0. The quantitative estimate of drug-likeness (QED) is 0.00579. The third kappa shape index (κ3) is 16.9. The molecule has 0 spiro atoms. The number of ether oxygens (including phenoxy) is 2. The van der Waals surface area contributed by atoms with Gasteiger partial charge in [-0.2, -0.15) is 33.7 Å². The van der Waals surface area contributed by atoms with E-state index >= 15 is 0 Å². The minimum Gasteiger partial charge on any atom is -0.494 e. The van der Waals surface area contributed by atoms with Gasteiger partial charge in [0.1, 0.15) is 44.4 Å². The lowest BCUT2D eigenvalue weighted by molar-refractivity contribution is -0.120. The topological polar surface area (TPSA) is 312 Å². The molecule has 0 aliphatic rings. The van der Waals surface area contributed by atoms with E-state index < -0.39 is 49.5 Å². The number of aromatic nitrogens is 3. The van der Waals surface area contributed by atoms with Gasteiger partial charge >= 0.3 is 0 Å². The van der Waals surface area contributed by atoms with Crippen LogP contribution in [0.1, 0.15) is 62.4 Å². The average Bonchev–Trinajstić information content (AvgIpc) is 1.51. The maximum absolute atomic E-state index is 13.5. The highest BCUT2D eigenvalue weighted by Gasteiger charge is 2.29. The van der Waals surface area contributed by atoms with Crippen LogP contribution in [0.2, 0.25) is 0 Å². The number of amides is 2. The first kappa shape index (κ1) is 67.4. The van der Waals surface area contributed by atoms with Crippen LogP contribution in [0.4, 0.5) is 73.1 Å². The van der Waals surface area contributed by atoms with Crippen LogP contribution in [0.15, 0.2) is 163 Å². The number of azo groups is 2. The monoisotopic (exact) mass is 1310 g/mol. The summed E-state index contributed by atoms with van der Waals surface area (Å²) in [5, 5.41) is 40.8. The molecule has 24 nitrogen and oxygen atoms in total. The molecular weight excluding hydrogens is 1250 g/mol. The Morgan fingerprint density at radius 3 is 1.58 bits per heavy atom. The van der Waals surface area contributed by atoms with Crippen LogP contribution in [-0.4, -0.2) is 91.7 Å². The van der Waals surface area contributed by atoms with Crippen molar-refractivity contribution in [2.75, 3.05) is 71.5 Å². The van der Waals surface area contributed by atoms with E-state index in [-0.39, 0.29) is 60.3 Å². The third-order valence-corrected chi connectivity index (χ3v) is 17.5. The second-order valence-corrected chi connectivity index (χ2v) is 23.9. The fourth-order valence-electron chi connectivity index (χ4n) is 9.05. The van der Waals surface area contributed by atoms with Crippen molar-refractivity contribution in [3.05, 3.63) is 165 Å². The number of carbonyl (C=O) groups excluding carboxylic acids is 4. The van der Waals surface area contributed by atoms with Gasteiger partial charge in [-0.15, -0.1) is 38.0 Å². The molecule has 92 heavy (non-hydrogen) atoms. The summed E-state index contributed by atoms with van der Waals surface area (Å²) in [6.07, 6.45) is 2.38. The first-order valence-corrected chi connectivity index (χ1v) is 32.4. The summed E-state index contributed by atoms with van der Waals surface area (Å²) < 4.78 is 48.6. The molecule has 0 bridgehead atoms. The molecule has 5 aromatic carbocycles. The summed E-state index contributed by atoms with van der Waals surface area (Å²) >= 11 is 2.95. The highest BCUT2D eigenvalue weighted by molar-refractivity contribution is 7.98. The number of hydrogen-bond acceptors (Lipinski definition) is 23. The Hall–Kier alpha value is -10.5.